The van der Waals surface area contributed by atoms with Gasteiger partial charge in [0.1, 0.15) is 11.3 Å². The van der Waals surface area contributed by atoms with Crippen molar-refractivity contribution in [3.8, 4) is 11.1 Å². The average molecular weight is 444 g/mol. The van der Waals surface area contributed by atoms with Gasteiger partial charge in [-0.15, -0.1) is 10.2 Å². The first-order valence-electron chi connectivity index (χ1n) is 9.98. The van der Waals surface area contributed by atoms with E-state index in [2.05, 4.69) is 20.7 Å². The minimum atomic E-state index is -0.581. The van der Waals surface area contributed by atoms with Crippen molar-refractivity contribution in [3.05, 3.63) is 94.3 Å². The van der Waals surface area contributed by atoms with Crippen molar-refractivity contribution < 1.29 is 13.9 Å². The number of carbonyl (C=O) groups is 1. The molecule has 0 saturated heterocycles. The summed E-state index contributed by atoms with van der Waals surface area (Å²) in [6.45, 7) is 0.250. The highest BCUT2D eigenvalue weighted by atomic mass is 19.1. The van der Waals surface area contributed by atoms with Crippen LogP contribution in [0.4, 0.5) is 4.39 Å². The summed E-state index contributed by atoms with van der Waals surface area (Å²) in [5.74, 6) is -1.03. The first-order chi connectivity index (χ1) is 16.1. The van der Waals surface area contributed by atoms with E-state index in [4.69, 9.17) is 4.74 Å². The van der Waals surface area contributed by atoms with Crippen LogP contribution in [0.3, 0.4) is 0 Å². The highest BCUT2D eigenvalue weighted by molar-refractivity contribution is 6.00. The summed E-state index contributed by atoms with van der Waals surface area (Å²) in [5, 5.41) is 13.0. The van der Waals surface area contributed by atoms with Crippen LogP contribution in [-0.4, -0.2) is 37.5 Å². The number of hydrogen-bond acceptors (Lipinski definition) is 6. The second kappa shape index (κ2) is 8.24. The van der Waals surface area contributed by atoms with Crippen LogP contribution in [0, 0.1) is 5.82 Å². The molecule has 0 spiro atoms. The lowest BCUT2D eigenvalue weighted by Crippen LogP contribution is -2.33. The molecule has 0 aliphatic heterocycles. The number of halogens is 1. The van der Waals surface area contributed by atoms with Gasteiger partial charge in [0.2, 0.25) is 0 Å². The number of hydrogen-bond donors (Lipinski definition) is 1. The molecule has 33 heavy (non-hydrogen) atoms. The molecule has 9 nitrogen and oxygen atoms in total. The third-order valence-electron chi connectivity index (χ3n) is 5.12. The van der Waals surface area contributed by atoms with E-state index in [-0.39, 0.29) is 17.7 Å². The monoisotopic (exact) mass is 444 g/mol. The zero-order valence-electron chi connectivity index (χ0n) is 17.4. The molecule has 0 fully saturated rings. The first kappa shape index (κ1) is 20.5. The quantitative estimate of drug-likeness (QED) is 0.447. The Morgan fingerprint density at radius 1 is 1.06 bits per heavy atom. The van der Waals surface area contributed by atoms with Crippen LogP contribution in [0.2, 0.25) is 0 Å². The average Bonchev–Trinajstić information content (AvgIpc) is 3.20. The van der Waals surface area contributed by atoms with Crippen molar-refractivity contribution in [1.82, 2.24) is 24.5 Å². The molecule has 10 heteroatoms. The van der Waals surface area contributed by atoms with Crippen molar-refractivity contribution in [1.29, 1.82) is 0 Å². The van der Waals surface area contributed by atoms with Crippen LogP contribution in [-0.2, 0) is 11.3 Å². The third-order valence-corrected chi connectivity index (χ3v) is 5.12. The van der Waals surface area contributed by atoms with Crippen molar-refractivity contribution in [2.75, 3.05) is 12.5 Å². The number of rotatable bonds is 5. The van der Waals surface area contributed by atoms with E-state index in [0.29, 0.717) is 16.9 Å². The van der Waals surface area contributed by atoms with Crippen LogP contribution in [0.15, 0.2) is 71.7 Å². The molecule has 0 unspecified atom stereocenters. The van der Waals surface area contributed by atoms with E-state index < -0.39 is 17.3 Å². The standard InChI is InChI=1S/C23H17FN6O3/c1-33-13-17-19(14-5-3-2-4-6-14)21-26-25-20-18(30(21)27-17)11-12-29(23(20)32)28-22(31)15-7-9-16(24)10-8-15/h2-12H,13H2,1H3,(H,28,31). The molecule has 0 atom stereocenters. The summed E-state index contributed by atoms with van der Waals surface area (Å²) in [6.07, 6.45) is 1.41. The Balaban J connectivity index is 1.61. The summed E-state index contributed by atoms with van der Waals surface area (Å²) in [7, 11) is 1.57. The molecule has 2 aromatic carbocycles. The first-order valence-corrected chi connectivity index (χ1v) is 9.98. The van der Waals surface area contributed by atoms with Gasteiger partial charge in [0, 0.05) is 18.9 Å². The number of nitrogens with zero attached hydrogens (tertiary/aromatic N) is 5. The van der Waals surface area contributed by atoms with E-state index >= 15 is 0 Å². The molecule has 5 rings (SSSR count). The number of amides is 1. The van der Waals surface area contributed by atoms with Gasteiger partial charge in [-0.05, 0) is 35.9 Å². The molecule has 1 N–H and O–H groups in total. The van der Waals surface area contributed by atoms with Crippen LogP contribution >= 0.6 is 0 Å². The second-order valence-electron chi connectivity index (χ2n) is 7.23. The molecule has 0 radical (unpaired) electrons. The van der Waals surface area contributed by atoms with Gasteiger partial charge >= 0.3 is 0 Å². The fourth-order valence-electron chi connectivity index (χ4n) is 3.59. The lowest BCUT2D eigenvalue weighted by molar-refractivity contribution is 0.101. The predicted molar refractivity (Wildman–Crippen MR) is 119 cm³/mol. The van der Waals surface area contributed by atoms with Crippen LogP contribution in [0.5, 0.6) is 0 Å². The SMILES string of the molecule is COCc1nn2c(nnc3c(=O)n(NC(=O)c4ccc(F)cc4)ccc32)c1-c1ccccc1. The summed E-state index contributed by atoms with van der Waals surface area (Å²) in [6, 6.07) is 16.2. The molecular formula is C23H17FN6O3. The normalized spacial score (nSPS) is 11.2. The maximum Gasteiger partial charge on any atom is 0.299 e. The highest BCUT2D eigenvalue weighted by Gasteiger charge is 2.20. The molecule has 3 heterocycles. The Hall–Kier alpha value is -4.44. The lowest BCUT2D eigenvalue weighted by atomic mass is 10.1. The Morgan fingerprint density at radius 2 is 1.82 bits per heavy atom. The smallest absolute Gasteiger partial charge is 0.299 e. The van der Waals surface area contributed by atoms with E-state index in [1.54, 1.807) is 17.7 Å². The fourth-order valence-corrected chi connectivity index (χ4v) is 3.59. The molecule has 3 aromatic heterocycles. The van der Waals surface area contributed by atoms with Gasteiger partial charge in [-0.25, -0.2) is 13.6 Å². The number of methoxy groups -OCH3 is 1. The Kier molecular flexibility index (Phi) is 5.11. The van der Waals surface area contributed by atoms with E-state index in [0.717, 1.165) is 15.8 Å². The van der Waals surface area contributed by atoms with Crippen molar-refractivity contribution >= 4 is 22.6 Å². The maximum absolute atomic E-state index is 13.1. The molecule has 164 valence electrons. The zero-order chi connectivity index (χ0) is 22.9. The lowest BCUT2D eigenvalue weighted by Gasteiger charge is -2.09. The van der Waals surface area contributed by atoms with Gasteiger partial charge in [0.25, 0.3) is 11.5 Å². The van der Waals surface area contributed by atoms with Gasteiger partial charge in [-0.2, -0.15) is 5.10 Å². The minimum absolute atomic E-state index is 0.0236. The second-order valence-corrected chi connectivity index (χ2v) is 7.23. The predicted octanol–water partition coefficient (Wildman–Crippen LogP) is 2.78. The van der Waals surface area contributed by atoms with Crippen molar-refractivity contribution in [2.24, 2.45) is 0 Å². The van der Waals surface area contributed by atoms with Gasteiger partial charge < -0.3 is 4.74 Å². The van der Waals surface area contributed by atoms with E-state index in [9.17, 15) is 14.0 Å². The van der Waals surface area contributed by atoms with E-state index in [1.165, 1.54) is 30.5 Å². The van der Waals surface area contributed by atoms with E-state index in [1.807, 2.05) is 30.3 Å². The molecule has 0 bridgehead atoms. The van der Waals surface area contributed by atoms with Crippen LogP contribution in [0.25, 0.3) is 27.8 Å². The number of aromatic nitrogens is 5. The number of nitrogens with one attached hydrogen (secondary N) is 1. The summed E-state index contributed by atoms with van der Waals surface area (Å²) < 4.78 is 21.0. The van der Waals surface area contributed by atoms with Gasteiger partial charge in [-0.3, -0.25) is 15.0 Å². The minimum Gasteiger partial charge on any atom is -0.378 e. The number of carbonyl (C=O) groups excluding carboxylic acids is 1. The fraction of sp³-hybridized carbons (Fsp3) is 0.0870. The molecule has 5 aromatic rings. The highest BCUT2D eigenvalue weighted by Crippen LogP contribution is 2.28. The number of ether oxygens (including phenoxy) is 1. The van der Waals surface area contributed by atoms with Crippen molar-refractivity contribution in [2.45, 2.75) is 6.61 Å². The van der Waals surface area contributed by atoms with Crippen LogP contribution in [0.1, 0.15) is 16.1 Å². The molecular weight excluding hydrogens is 427 g/mol. The largest absolute Gasteiger partial charge is 0.378 e. The Bertz CT molecular complexity index is 1540. The molecule has 0 aliphatic carbocycles. The van der Waals surface area contributed by atoms with Crippen LogP contribution < -0.4 is 11.0 Å². The summed E-state index contributed by atoms with van der Waals surface area (Å²) in [4.78, 5) is 25.4. The van der Waals surface area contributed by atoms with Gasteiger partial charge in [-0.1, -0.05) is 30.3 Å². The molecule has 1 amide bonds. The topological polar surface area (TPSA) is 103 Å². The third kappa shape index (κ3) is 3.62. The maximum atomic E-state index is 13.1. The summed E-state index contributed by atoms with van der Waals surface area (Å²) in [5.41, 5.74) is 5.34. The Morgan fingerprint density at radius 3 is 2.55 bits per heavy atom. The number of benzene rings is 2. The molecule has 0 aliphatic rings. The number of fused-ring (bicyclic) bond motifs is 3. The summed E-state index contributed by atoms with van der Waals surface area (Å²) >= 11 is 0. The zero-order valence-corrected chi connectivity index (χ0v) is 17.4. The van der Waals surface area contributed by atoms with Gasteiger partial charge in [0.15, 0.2) is 11.2 Å². The Labute approximate surface area is 186 Å². The van der Waals surface area contributed by atoms with Gasteiger partial charge in [0.05, 0.1) is 17.9 Å². The molecule has 0 saturated carbocycles. The number of pyridine rings is 1. The van der Waals surface area contributed by atoms with Crippen molar-refractivity contribution in [3.63, 3.8) is 0 Å².